The molecule has 2 aromatic rings. The number of fused-ring (bicyclic) bond motifs is 2. The summed E-state index contributed by atoms with van der Waals surface area (Å²) in [6.45, 7) is 16.1. The second-order valence-electron chi connectivity index (χ2n) is 9.35. The van der Waals surface area contributed by atoms with E-state index in [1.807, 2.05) is 35.8 Å². The van der Waals surface area contributed by atoms with Crippen molar-refractivity contribution in [2.75, 3.05) is 19.3 Å². The van der Waals surface area contributed by atoms with Crippen molar-refractivity contribution in [2.24, 2.45) is 11.8 Å². The number of benzene rings is 1. The summed E-state index contributed by atoms with van der Waals surface area (Å²) in [5, 5.41) is 5.76. The van der Waals surface area contributed by atoms with Crippen LogP contribution in [-0.2, 0) is 5.41 Å². The average Bonchev–Trinajstić information content (AvgIpc) is 3.44. The molecule has 3 atom stereocenters. The summed E-state index contributed by atoms with van der Waals surface area (Å²) < 4.78 is 17.6. The Kier molecular flexibility index (Phi) is 6.83. The van der Waals surface area contributed by atoms with Crippen LogP contribution in [0.3, 0.4) is 0 Å². The maximum atomic E-state index is 13.2. The monoisotopic (exact) mass is 463 g/mol. The van der Waals surface area contributed by atoms with Crippen LogP contribution in [0.25, 0.3) is 16.6 Å². The highest BCUT2D eigenvalue weighted by Crippen LogP contribution is 2.56. The standard InChI is InChI=1S/C28H34FN3S/c1-7-9-19(3)22-13-24-17-31(33-6)18-28(24,15-22)26-14-23-16-30-32(27(23)12-20(26)4)25(8-2)11-10-21(5)29/h7-12,14,16,22,24H,3,5,13,15,17-18H2,1-2,4,6H3/b9-7-,11-10-,25-8+. The third kappa shape index (κ3) is 4.29. The minimum Gasteiger partial charge on any atom is -0.250 e. The number of aryl methyl sites for hydroxylation is 1. The van der Waals surface area contributed by atoms with Gasteiger partial charge < -0.3 is 0 Å². The lowest BCUT2D eigenvalue weighted by atomic mass is 9.72. The fourth-order valence-corrected chi connectivity index (χ4v) is 6.59. The minimum atomic E-state index is -0.468. The molecule has 1 saturated heterocycles. The summed E-state index contributed by atoms with van der Waals surface area (Å²) in [4.78, 5) is 0. The Bertz CT molecular complexity index is 1170. The van der Waals surface area contributed by atoms with E-state index in [9.17, 15) is 4.39 Å². The van der Waals surface area contributed by atoms with Crippen molar-refractivity contribution < 1.29 is 4.39 Å². The molecule has 2 fully saturated rings. The zero-order valence-corrected chi connectivity index (χ0v) is 21.0. The highest BCUT2D eigenvalue weighted by atomic mass is 32.2. The van der Waals surface area contributed by atoms with Gasteiger partial charge in [-0.3, -0.25) is 0 Å². The van der Waals surface area contributed by atoms with Crippen LogP contribution < -0.4 is 0 Å². The summed E-state index contributed by atoms with van der Waals surface area (Å²) >= 11 is 1.86. The number of rotatable bonds is 7. The average molecular weight is 464 g/mol. The zero-order chi connectivity index (χ0) is 23.8. The largest absolute Gasteiger partial charge is 0.250 e. The SMILES string of the molecule is C=C(F)/C=C\C(=C/C)n1ncc2cc(C34CC(C(=C)/C=C\C)CC3CN(SC)C4)c(C)cc21. The van der Waals surface area contributed by atoms with Crippen LogP contribution in [0.4, 0.5) is 4.39 Å². The first-order valence-electron chi connectivity index (χ1n) is 11.6. The van der Waals surface area contributed by atoms with Gasteiger partial charge in [-0.2, -0.15) is 5.10 Å². The van der Waals surface area contributed by atoms with E-state index in [0.29, 0.717) is 11.8 Å². The highest BCUT2D eigenvalue weighted by Gasteiger charge is 2.54. The molecule has 2 heterocycles. The van der Waals surface area contributed by atoms with Crippen molar-refractivity contribution in [3.63, 3.8) is 0 Å². The molecule has 0 spiro atoms. The van der Waals surface area contributed by atoms with E-state index in [1.165, 1.54) is 29.2 Å². The maximum absolute atomic E-state index is 13.2. The van der Waals surface area contributed by atoms with Crippen molar-refractivity contribution in [3.05, 3.63) is 84.4 Å². The van der Waals surface area contributed by atoms with Gasteiger partial charge in [-0.1, -0.05) is 48.9 Å². The first-order valence-corrected chi connectivity index (χ1v) is 12.8. The van der Waals surface area contributed by atoms with Crippen LogP contribution in [0.5, 0.6) is 0 Å². The Labute approximate surface area is 201 Å². The van der Waals surface area contributed by atoms with E-state index >= 15 is 0 Å². The van der Waals surface area contributed by atoms with E-state index in [2.05, 4.69) is 66.9 Å². The topological polar surface area (TPSA) is 21.1 Å². The van der Waals surface area contributed by atoms with Gasteiger partial charge in [-0.05, 0) is 87.1 Å². The van der Waals surface area contributed by atoms with Gasteiger partial charge in [0.2, 0.25) is 0 Å². The molecule has 1 aromatic heterocycles. The molecule has 2 aliphatic rings. The third-order valence-electron chi connectivity index (χ3n) is 7.43. The molecule has 1 aromatic carbocycles. The molecule has 174 valence electrons. The minimum absolute atomic E-state index is 0.133. The molecule has 1 aliphatic carbocycles. The van der Waals surface area contributed by atoms with Crippen LogP contribution in [0.1, 0.15) is 37.8 Å². The van der Waals surface area contributed by atoms with Crippen LogP contribution >= 0.6 is 11.9 Å². The number of aromatic nitrogens is 2. The predicted molar refractivity (Wildman–Crippen MR) is 141 cm³/mol. The van der Waals surface area contributed by atoms with Gasteiger partial charge >= 0.3 is 0 Å². The molecule has 3 unspecified atom stereocenters. The van der Waals surface area contributed by atoms with Gasteiger partial charge in [-0.25, -0.2) is 13.4 Å². The molecule has 3 nitrogen and oxygen atoms in total. The second-order valence-corrected chi connectivity index (χ2v) is 10.2. The lowest BCUT2D eigenvalue weighted by Gasteiger charge is -2.32. The van der Waals surface area contributed by atoms with E-state index in [-0.39, 0.29) is 5.41 Å². The molecular formula is C28H34FN3S. The predicted octanol–water partition coefficient (Wildman–Crippen LogP) is 7.23. The van der Waals surface area contributed by atoms with Gasteiger partial charge in [0.15, 0.2) is 0 Å². The number of nitrogens with zero attached hydrogens (tertiary/aromatic N) is 3. The van der Waals surface area contributed by atoms with Crippen molar-refractivity contribution in [1.82, 2.24) is 14.1 Å². The van der Waals surface area contributed by atoms with E-state index in [0.717, 1.165) is 36.1 Å². The second kappa shape index (κ2) is 9.47. The van der Waals surface area contributed by atoms with Gasteiger partial charge in [0.05, 0.1) is 17.4 Å². The normalized spacial score (nSPS) is 26.2. The zero-order valence-electron chi connectivity index (χ0n) is 20.1. The Balaban J connectivity index is 1.77. The number of allylic oxidation sites excluding steroid dienone is 8. The van der Waals surface area contributed by atoms with Crippen molar-refractivity contribution in [1.29, 1.82) is 0 Å². The summed E-state index contributed by atoms with van der Waals surface area (Å²) in [7, 11) is 0. The summed E-state index contributed by atoms with van der Waals surface area (Å²) in [6, 6.07) is 4.61. The Morgan fingerprint density at radius 3 is 2.70 bits per heavy atom. The molecule has 5 heteroatoms. The Morgan fingerprint density at radius 1 is 1.24 bits per heavy atom. The van der Waals surface area contributed by atoms with Crippen LogP contribution in [0.15, 0.2) is 73.3 Å². The lowest BCUT2D eigenvalue weighted by molar-refractivity contribution is 0.392. The van der Waals surface area contributed by atoms with Crippen molar-refractivity contribution >= 4 is 28.5 Å². The van der Waals surface area contributed by atoms with E-state index in [4.69, 9.17) is 0 Å². The van der Waals surface area contributed by atoms with Gasteiger partial charge in [-0.15, -0.1) is 0 Å². The fraction of sp³-hybridized carbons (Fsp3) is 0.393. The first-order chi connectivity index (χ1) is 15.8. The van der Waals surface area contributed by atoms with Gasteiger partial charge in [0, 0.05) is 23.9 Å². The fourth-order valence-electron chi connectivity index (χ4n) is 5.90. The molecule has 0 radical (unpaired) electrons. The van der Waals surface area contributed by atoms with Crippen molar-refractivity contribution in [2.45, 2.75) is 39.0 Å². The molecule has 0 N–H and O–H groups in total. The van der Waals surface area contributed by atoms with Gasteiger partial charge in [0.1, 0.15) is 5.83 Å². The first kappa shape index (κ1) is 23.8. The summed E-state index contributed by atoms with van der Waals surface area (Å²) in [5.41, 5.74) is 6.00. The van der Waals surface area contributed by atoms with Crippen LogP contribution in [0.2, 0.25) is 0 Å². The molecule has 0 amide bonds. The molecule has 33 heavy (non-hydrogen) atoms. The van der Waals surface area contributed by atoms with Crippen LogP contribution in [0, 0.1) is 18.8 Å². The lowest BCUT2D eigenvalue weighted by Crippen LogP contribution is -2.32. The van der Waals surface area contributed by atoms with Crippen LogP contribution in [-0.4, -0.2) is 33.4 Å². The molecule has 1 saturated carbocycles. The highest BCUT2D eigenvalue weighted by molar-refractivity contribution is 7.96. The Morgan fingerprint density at radius 2 is 2.03 bits per heavy atom. The summed E-state index contributed by atoms with van der Waals surface area (Å²) in [6.07, 6.45) is 15.8. The van der Waals surface area contributed by atoms with E-state index in [1.54, 1.807) is 6.08 Å². The quantitative estimate of drug-likeness (QED) is 0.319. The van der Waals surface area contributed by atoms with E-state index < -0.39 is 5.83 Å². The molecule has 0 bridgehead atoms. The van der Waals surface area contributed by atoms with Gasteiger partial charge in [0.25, 0.3) is 0 Å². The number of hydrogen-bond acceptors (Lipinski definition) is 3. The maximum Gasteiger partial charge on any atom is 0.116 e. The Hall–Kier alpha value is -2.37. The van der Waals surface area contributed by atoms with Crippen molar-refractivity contribution in [3.8, 4) is 0 Å². The molecular weight excluding hydrogens is 429 g/mol. The molecule has 1 aliphatic heterocycles. The third-order valence-corrected chi connectivity index (χ3v) is 8.23. The smallest absolute Gasteiger partial charge is 0.116 e. The summed E-state index contributed by atoms with van der Waals surface area (Å²) in [5.74, 6) is 0.679. The molecule has 4 rings (SSSR count). The number of hydrogen-bond donors (Lipinski definition) is 0. The number of halogens is 1.